The van der Waals surface area contributed by atoms with E-state index >= 15 is 0 Å². The molecular formula is C15H22O3. The molecule has 0 saturated heterocycles. The highest BCUT2D eigenvalue weighted by Gasteiger charge is 2.23. The minimum absolute atomic E-state index is 0.196. The summed E-state index contributed by atoms with van der Waals surface area (Å²) in [5.74, 6) is -0.102. The van der Waals surface area contributed by atoms with Gasteiger partial charge in [-0.2, -0.15) is 0 Å². The molecule has 18 heavy (non-hydrogen) atoms. The van der Waals surface area contributed by atoms with Crippen molar-refractivity contribution in [2.45, 2.75) is 40.5 Å². The molecule has 0 N–H and O–H groups in total. The zero-order valence-electron chi connectivity index (χ0n) is 11.7. The van der Waals surface area contributed by atoms with E-state index in [0.29, 0.717) is 12.5 Å². The van der Waals surface area contributed by atoms with Gasteiger partial charge in [0.2, 0.25) is 0 Å². The summed E-state index contributed by atoms with van der Waals surface area (Å²) >= 11 is 0. The molecule has 3 heteroatoms. The molecule has 0 aromatic carbocycles. The minimum atomic E-state index is -0.497. The first-order valence-corrected chi connectivity index (χ1v) is 6.52. The van der Waals surface area contributed by atoms with E-state index < -0.39 is 5.97 Å². The molecule has 0 aliphatic heterocycles. The highest BCUT2D eigenvalue weighted by molar-refractivity contribution is 6.16. The van der Waals surface area contributed by atoms with Gasteiger partial charge in [-0.05, 0) is 45.4 Å². The van der Waals surface area contributed by atoms with Gasteiger partial charge in [0, 0.05) is 0 Å². The molecule has 0 bridgehead atoms. The molecule has 2 atom stereocenters. The van der Waals surface area contributed by atoms with Gasteiger partial charge in [-0.1, -0.05) is 24.6 Å². The predicted molar refractivity (Wildman–Crippen MR) is 71.0 cm³/mol. The summed E-state index contributed by atoms with van der Waals surface area (Å²) in [6.07, 6.45) is 6.03. The Bertz CT molecular complexity index is 391. The Kier molecular flexibility index (Phi) is 5.32. The lowest BCUT2D eigenvalue weighted by molar-refractivity contribution is -0.139. The van der Waals surface area contributed by atoms with Gasteiger partial charge < -0.3 is 4.74 Å². The van der Waals surface area contributed by atoms with Crippen molar-refractivity contribution in [1.82, 2.24) is 0 Å². The zero-order chi connectivity index (χ0) is 13.7. The summed E-state index contributed by atoms with van der Waals surface area (Å²) in [4.78, 5) is 23.2. The fourth-order valence-electron chi connectivity index (χ4n) is 2.30. The summed E-state index contributed by atoms with van der Waals surface area (Å²) < 4.78 is 4.92. The first kappa shape index (κ1) is 14.7. The molecule has 2 unspecified atom stereocenters. The van der Waals surface area contributed by atoms with E-state index in [4.69, 9.17) is 4.74 Å². The van der Waals surface area contributed by atoms with Gasteiger partial charge in [0.25, 0.3) is 0 Å². The first-order valence-electron chi connectivity index (χ1n) is 6.52. The lowest BCUT2D eigenvalue weighted by atomic mass is 9.81. The summed E-state index contributed by atoms with van der Waals surface area (Å²) in [7, 11) is 0. The van der Waals surface area contributed by atoms with Crippen LogP contribution >= 0.6 is 0 Å². The molecule has 0 radical (unpaired) electrons. The zero-order valence-corrected chi connectivity index (χ0v) is 11.7. The monoisotopic (exact) mass is 250 g/mol. The van der Waals surface area contributed by atoms with Gasteiger partial charge in [0.1, 0.15) is 0 Å². The van der Waals surface area contributed by atoms with E-state index in [9.17, 15) is 9.59 Å². The van der Waals surface area contributed by atoms with E-state index in [1.54, 1.807) is 13.0 Å². The second-order valence-corrected chi connectivity index (χ2v) is 4.93. The number of hydrogen-bond acceptors (Lipinski definition) is 3. The molecular weight excluding hydrogens is 228 g/mol. The van der Waals surface area contributed by atoms with Gasteiger partial charge in [0.05, 0.1) is 12.2 Å². The van der Waals surface area contributed by atoms with Crippen LogP contribution in [0.3, 0.4) is 0 Å². The smallest absolute Gasteiger partial charge is 0.341 e. The third-order valence-corrected chi connectivity index (χ3v) is 3.35. The van der Waals surface area contributed by atoms with Crippen LogP contribution in [0.4, 0.5) is 0 Å². The van der Waals surface area contributed by atoms with Crippen molar-refractivity contribution in [3.63, 3.8) is 0 Å². The van der Waals surface area contributed by atoms with Crippen LogP contribution in [-0.2, 0) is 14.3 Å². The number of Topliss-reactive ketones (excluding diaryl/α,β-unsaturated/α-hetero) is 1. The predicted octanol–water partition coefficient (Wildman–Crippen LogP) is 3.06. The van der Waals surface area contributed by atoms with Crippen LogP contribution in [0.25, 0.3) is 0 Å². The van der Waals surface area contributed by atoms with Crippen LogP contribution in [-0.4, -0.2) is 18.4 Å². The molecule has 0 aromatic heterocycles. The molecule has 1 aliphatic carbocycles. The maximum atomic E-state index is 11.7. The molecule has 0 aromatic rings. The summed E-state index contributed by atoms with van der Waals surface area (Å²) in [5, 5.41) is 0. The van der Waals surface area contributed by atoms with Gasteiger partial charge in [0.15, 0.2) is 5.78 Å². The second-order valence-electron chi connectivity index (χ2n) is 4.93. The van der Waals surface area contributed by atoms with Crippen molar-refractivity contribution in [2.75, 3.05) is 6.61 Å². The van der Waals surface area contributed by atoms with Crippen molar-refractivity contribution in [3.05, 3.63) is 23.3 Å². The van der Waals surface area contributed by atoms with E-state index in [-0.39, 0.29) is 17.3 Å². The van der Waals surface area contributed by atoms with E-state index in [1.807, 2.05) is 0 Å². The van der Waals surface area contributed by atoms with Crippen molar-refractivity contribution in [3.8, 4) is 0 Å². The van der Waals surface area contributed by atoms with Crippen LogP contribution in [0.1, 0.15) is 40.5 Å². The Morgan fingerprint density at radius 1 is 1.50 bits per heavy atom. The SMILES string of the molecule is CCOC(=O)C(=CC1CCC(C)=CC1C)C(C)=O. The maximum absolute atomic E-state index is 11.7. The van der Waals surface area contributed by atoms with Crippen LogP contribution in [0, 0.1) is 11.8 Å². The normalized spacial score (nSPS) is 24.4. The van der Waals surface area contributed by atoms with Crippen molar-refractivity contribution < 1.29 is 14.3 Å². The second kappa shape index (κ2) is 6.53. The third kappa shape index (κ3) is 3.83. The Labute approximate surface area is 109 Å². The van der Waals surface area contributed by atoms with Crippen LogP contribution < -0.4 is 0 Å². The Morgan fingerprint density at radius 2 is 2.17 bits per heavy atom. The molecule has 100 valence electrons. The fraction of sp³-hybridized carbons (Fsp3) is 0.600. The van der Waals surface area contributed by atoms with Gasteiger partial charge in [-0.3, -0.25) is 4.79 Å². The summed E-state index contributed by atoms with van der Waals surface area (Å²) in [6, 6.07) is 0. The van der Waals surface area contributed by atoms with Gasteiger partial charge in [-0.25, -0.2) is 4.79 Å². The molecule has 0 amide bonds. The molecule has 1 rings (SSSR count). The summed E-state index contributed by atoms with van der Waals surface area (Å²) in [6.45, 7) is 7.69. The molecule has 1 aliphatic rings. The van der Waals surface area contributed by atoms with E-state index in [1.165, 1.54) is 12.5 Å². The molecule has 0 saturated carbocycles. The highest BCUT2D eigenvalue weighted by Crippen LogP contribution is 2.30. The molecule has 0 fully saturated rings. The largest absolute Gasteiger partial charge is 0.462 e. The summed E-state index contributed by atoms with van der Waals surface area (Å²) in [5.41, 5.74) is 1.58. The van der Waals surface area contributed by atoms with Crippen LogP contribution in [0.5, 0.6) is 0 Å². The lowest BCUT2D eigenvalue weighted by Gasteiger charge is -2.24. The number of esters is 1. The number of ether oxygens (including phenoxy) is 1. The van der Waals surface area contributed by atoms with Gasteiger partial charge in [-0.15, -0.1) is 0 Å². The Balaban J connectivity index is 2.89. The number of carbonyl (C=O) groups is 2. The maximum Gasteiger partial charge on any atom is 0.341 e. The molecule has 0 spiro atoms. The van der Waals surface area contributed by atoms with Gasteiger partial charge >= 0.3 is 5.97 Å². The number of hydrogen-bond donors (Lipinski definition) is 0. The first-order chi connectivity index (χ1) is 8.45. The number of allylic oxidation sites excluding steroid dienone is 3. The van der Waals surface area contributed by atoms with Crippen LogP contribution in [0.15, 0.2) is 23.3 Å². The minimum Gasteiger partial charge on any atom is -0.462 e. The standard InChI is InChI=1S/C15H22O3/c1-5-18-15(17)14(12(4)16)9-13-7-6-10(2)8-11(13)3/h8-9,11,13H,5-7H2,1-4H3. The Hall–Kier alpha value is -1.38. The van der Waals surface area contributed by atoms with E-state index in [0.717, 1.165) is 12.8 Å². The van der Waals surface area contributed by atoms with E-state index in [2.05, 4.69) is 19.9 Å². The molecule has 0 heterocycles. The third-order valence-electron chi connectivity index (χ3n) is 3.35. The average molecular weight is 250 g/mol. The highest BCUT2D eigenvalue weighted by atomic mass is 16.5. The Morgan fingerprint density at radius 3 is 2.67 bits per heavy atom. The number of ketones is 1. The average Bonchev–Trinajstić information content (AvgIpc) is 2.27. The lowest BCUT2D eigenvalue weighted by Crippen LogP contribution is -2.19. The number of carbonyl (C=O) groups excluding carboxylic acids is 2. The van der Waals surface area contributed by atoms with Crippen molar-refractivity contribution in [2.24, 2.45) is 11.8 Å². The molecule has 3 nitrogen and oxygen atoms in total. The fourth-order valence-corrected chi connectivity index (χ4v) is 2.30. The number of rotatable bonds is 4. The topological polar surface area (TPSA) is 43.4 Å². The quantitative estimate of drug-likeness (QED) is 0.253. The van der Waals surface area contributed by atoms with Crippen molar-refractivity contribution >= 4 is 11.8 Å². The van der Waals surface area contributed by atoms with Crippen LogP contribution in [0.2, 0.25) is 0 Å². The van der Waals surface area contributed by atoms with Crippen molar-refractivity contribution in [1.29, 1.82) is 0 Å².